The molecule has 176 valence electrons. The summed E-state index contributed by atoms with van der Waals surface area (Å²) < 4.78 is 1.93. The van der Waals surface area contributed by atoms with Gasteiger partial charge in [-0.25, -0.2) is 9.78 Å². The molecule has 2 rings (SSSR count). The molecule has 0 radical (unpaired) electrons. The third-order valence-corrected chi connectivity index (χ3v) is 6.88. The molecule has 2 heterocycles. The van der Waals surface area contributed by atoms with Crippen molar-refractivity contribution in [2.75, 3.05) is 22.9 Å². The highest BCUT2D eigenvalue weighted by atomic mass is 32.2. The Kier molecular flexibility index (Phi) is 9.08. The third-order valence-electron chi connectivity index (χ3n) is 4.60. The Morgan fingerprint density at radius 2 is 2.00 bits per heavy atom. The molecule has 2 amide bonds. The first-order valence-corrected chi connectivity index (χ1v) is 12.2. The van der Waals surface area contributed by atoms with E-state index in [-0.39, 0.29) is 35.5 Å². The fourth-order valence-electron chi connectivity index (χ4n) is 3.05. The fourth-order valence-corrected chi connectivity index (χ4v) is 5.17. The second-order valence-corrected chi connectivity index (χ2v) is 10.1. The van der Waals surface area contributed by atoms with Crippen LogP contribution in [0.5, 0.6) is 0 Å². The zero-order chi connectivity index (χ0) is 24.0. The lowest BCUT2D eigenvalue weighted by molar-refractivity contribution is -0.117. The largest absolute Gasteiger partial charge is 0.383 e. The quantitative estimate of drug-likeness (QED) is 0.409. The van der Waals surface area contributed by atoms with Crippen LogP contribution >= 0.6 is 23.1 Å². The van der Waals surface area contributed by atoms with Crippen LogP contribution < -0.4 is 27.6 Å². The Labute approximate surface area is 194 Å². The van der Waals surface area contributed by atoms with E-state index >= 15 is 0 Å². The zero-order valence-corrected chi connectivity index (χ0v) is 20.4. The van der Waals surface area contributed by atoms with Crippen LogP contribution in [-0.4, -0.2) is 38.6 Å². The van der Waals surface area contributed by atoms with Crippen molar-refractivity contribution in [3.8, 4) is 0 Å². The number of anilines is 2. The molecule has 0 saturated carbocycles. The average Bonchev–Trinajstić information content (AvgIpc) is 3.04. The number of H-pyrrole nitrogens is 1. The number of carbonyl (C=O) groups is 2. The summed E-state index contributed by atoms with van der Waals surface area (Å²) >= 11 is 2.53. The summed E-state index contributed by atoms with van der Waals surface area (Å²) in [4.78, 5) is 58.0. The zero-order valence-electron chi connectivity index (χ0n) is 18.8. The van der Waals surface area contributed by atoms with Gasteiger partial charge >= 0.3 is 5.69 Å². The number of amides is 2. The molecule has 0 fully saturated rings. The van der Waals surface area contributed by atoms with Crippen LogP contribution in [-0.2, 0) is 22.6 Å². The van der Waals surface area contributed by atoms with E-state index < -0.39 is 17.2 Å². The van der Waals surface area contributed by atoms with Crippen LogP contribution in [0.3, 0.4) is 0 Å². The van der Waals surface area contributed by atoms with Gasteiger partial charge in [0.25, 0.3) is 5.56 Å². The number of nitrogen functional groups attached to an aromatic ring is 1. The Bertz CT molecular complexity index is 1090. The van der Waals surface area contributed by atoms with Crippen molar-refractivity contribution < 1.29 is 9.59 Å². The van der Waals surface area contributed by atoms with Crippen molar-refractivity contribution in [1.29, 1.82) is 0 Å². The smallest absolute Gasteiger partial charge is 0.330 e. The van der Waals surface area contributed by atoms with Crippen LogP contribution in [0.15, 0.2) is 13.9 Å². The molecule has 0 aliphatic rings. The topological polar surface area (TPSA) is 157 Å². The summed E-state index contributed by atoms with van der Waals surface area (Å²) in [6.45, 7) is 8.23. The predicted octanol–water partition coefficient (Wildman–Crippen LogP) is 1.49. The van der Waals surface area contributed by atoms with Gasteiger partial charge in [0.05, 0.1) is 17.9 Å². The number of aromatic amines is 1. The number of nitrogens with one attached hydrogen (secondary N) is 1. The van der Waals surface area contributed by atoms with Gasteiger partial charge in [-0.3, -0.25) is 23.9 Å². The van der Waals surface area contributed by atoms with Gasteiger partial charge in [0, 0.05) is 18.0 Å². The summed E-state index contributed by atoms with van der Waals surface area (Å²) in [6.07, 6.45) is 1.57. The van der Waals surface area contributed by atoms with Crippen molar-refractivity contribution in [3.63, 3.8) is 0 Å². The lowest BCUT2D eigenvalue weighted by Crippen LogP contribution is -2.42. The molecule has 12 heteroatoms. The molecule has 0 bridgehead atoms. The number of hydrogen-bond donors (Lipinski definition) is 3. The molecule has 0 unspecified atom stereocenters. The molecule has 10 nitrogen and oxygen atoms in total. The Hall–Kier alpha value is -2.60. The highest BCUT2D eigenvalue weighted by molar-refractivity contribution is 8.01. The van der Waals surface area contributed by atoms with E-state index in [4.69, 9.17) is 11.5 Å². The van der Waals surface area contributed by atoms with Crippen molar-refractivity contribution in [1.82, 2.24) is 14.5 Å². The number of thiazole rings is 1. The van der Waals surface area contributed by atoms with E-state index in [0.717, 1.165) is 11.3 Å². The summed E-state index contributed by atoms with van der Waals surface area (Å²) in [5, 5.41) is 0. The highest BCUT2D eigenvalue weighted by Crippen LogP contribution is 2.28. The highest BCUT2D eigenvalue weighted by Gasteiger charge is 2.24. The number of unbranched alkanes of at least 4 members (excludes halogenated alkanes) is 1. The molecule has 5 N–H and O–H groups in total. The number of rotatable bonds is 11. The maximum absolute atomic E-state index is 13.1. The first-order chi connectivity index (χ1) is 15.0. The van der Waals surface area contributed by atoms with Gasteiger partial charge in [-0.1, -0.05) is 39.0 Å². The number of nitrogens with two attached hydrogens (primary N) is 2. The molecule has 32 heavy (non-hydrogen) atoms. The number of hydrogen-bond acceptors (Lipinski definition) is 8. The molecule has 2 aromatic heterocycles. The molecule has 0 saturated heterocycles. The van der Waals surface area contributed by atoms with Crippen LogP contribution in [0.4, 0.5) is 11.5 Å². The van der Waals surface area contributed by atoms with Crippen molar-refractivity contribution in [3.05, 3.63) is 31.4 Å². The molecule has 2 aromatic rings. The van der Waals surface area contributed by atoms with Gasteiger partial charge in [-0.15, -0.1) is 11.3 Å². The first-order valence-electron chi connectivity index (χ1n) is 10.3. The number of thioether (sulfide) groups is 1. The number of nitrogens with zero attached hydrogens (tertiary/aromatic N) is 3. The normalized spacial score (nSPS) is 11.2. The van der Waals surface area contributed by atoms with E-state index in [2.05, 4.69) is 9.97 Å². The number of primary amides is 1. The summed E-state index contributed by atoms with van der Waals surface area (Å²) in [6, 6.07) is 0. The van der Waals surface area contributed by atoms with Crippen LogP contribution in [0.25, 0.3) is 0 Å². The SMILES string of the molecule is CCCCN(C(=O)CSc1nc(C)c(CC(N)=O)s1)c1c(N)n(CC(C)C)c(=O)[nH]c1=O. The van der Waals surface area contributed by atoms with Crippen LogP contribution in [0.2, 0.25) is 0 Å². The van der Waals surface area contributed by atoms with E-state index in [1.165, 1.54) is 32.6 Å². The first kappa shape index (κ1) is 25.7. The average molecular weight is 483 g/mol. The number of aromatic nitrogens is 3. The third kappa shape index (κ3) is 6.45. The Morgan fingerprint density at radius 3 is 2.59 bits per heavy atom. The molecular weight excluding hydrogens is 452 g/mol. The van der Waals surface area contributed by atoms with Crippen LogP contribution in [0.1, 0.15) is 44.2 Å². The lowest BCUT2D eigenvalue weighted by atomic mass is 10.2. The standard InChI is InChI=1S/C20H30N6O4S2/c1-5-6-7-25(16-17(22)26(9-11(2)3)19(30)24-18(16)29)15(28)10-31-20-23-12(4)13(32-20)8-14(21)27/h11H,5-10,22H2,1-4H3,(H2,21,27)(H,24,29,30). The van der Waals surface area contributed by atoms with Gasteiger partial charge < -0.3 is 16.4 Å². The number of aryl methyl sites for hydroxylation is 1. The van der Waals surface area contributed by atoms with Crippen LogP contribution in [0, 0.1) is 12.8 Å². The summed E-state index contributed by atoms with van der Waals surface area (Å²) in [5.74, 6) is -0.641. The molecule has 0 spiro atoms. The van der Waals surface area contributed by atoms with E-state index in [1.54, 1.807) is 6.92 Å². The molecule has 0 atom stereocenters. The molecule has 0 aliphatic heterocycles. The minimum Gasteiger partial charge on any atom is -0.383 e. The fraction of sp³-hybridized carbons (Fsp3) is 0.550. The second kappa shape index (κ2) is 11.3. The van der Waals surface area contributed by atoms with E-state index in [1.807, 2.05) is 20.8 Å². The maximum atomic E-state index is 13.1. The number of carbonyl (C=O) groups excluding carboxylic acids is 2. The van der Waals surface area contributed by atoms with E-state index in [0.29, 0.717) is 29.5 Å². The summed E-state index contributed by atoms with van der Waals surface area (Å²) in [5.41, 5.74) is 10.9. The molecular formula is C20H30N6O4S2. The van der Waals surface area contributed by atoms with Gasteiger partial charge in [-0.2, -0.15) is 0 Å². The van der Waals surface area contributed by atoms with Gasteiger partial charge in [0.2, 0.25) is 11.8 Å². The van der Waals surface area contributed by atoms with E-state index in [9.17, 15) is 19.2 Å². The van der Waals surface area contributed by atoms with Gasteiger partial charge in [0.1, 0.15) is 5.82 Å². The van der Waals surface area contributed by atoms with Gasteiger partial charge in [-0.05, 0) is 19.3 Å². The minimum absolute atomic E-state index is 0.00552. The van der Waals surface area contributed by atoms with Crippen molar-refractivity contribution >= 4 is 46.4 Å². The monoisotopic (exact) mass is 482 g/mol. The second-order valence-electron chi connectivity index (χ2n) is 7.82. The summed E-state index contributed by atoms with van der Waals surface area (Å²) in [7, 11) is 0. The molecule has 0 aromatic carbocycles. The minimum atomic E-state index is -0.684. The molecule has 0 aliphatic carbocycles. The van der Waals surface area contributed by atoms with Gasteiger partial charge in [0.15, 0.2) is 10.0 Å². The van der Waals surface area contributed by atoms with Crippen molar-refractivity contribution in [2.45, 2.75) is 57.8 Å². The van der Waals surface area contributed by atoms with Crippen molar-refractivity contribution in [2.24, 2.45) is 11.7 Å². The predicted molar refractivity (Wildman–Crippen MR) is 128 cm³/mol. The maximum Gasteiger partial charge on any atom is 0.330 e. The Balaban J connectivity index is 2.32. The Morgan fingerprint density at radius 1 is 1.31 bits per heavy atom. The lowest BCUT2D eigenvalue weighted by Gasteiger charge is -2.24.